The summed E-state index contributed by atoms with van der Waals surface area (Å²) in [6, 6.07) is 17.7. The molecule has 1 amide bonds. The highest BCUT2D eigenvalue weighted by atomic mass is 19.1. The summed E-state index contributed by atoms with van der Waals surface area (Å²) in [5, 5.41) is 4.64. The van der Waals surface area contributed by atoms with Gasteiger partial charge in [0.15, 0.2) is 0 Å². The number of nitrogens with one attached hydrogen (secondary N) is 1. The fourth-order valence-electron chi connectivity index (χ4n) is 5.62. The third-order valence-electron chi connectivity index (χ3n) is 7.93. The van der Waals surface area contributed by atoms with Gasteiger partial charge in [-0.25, -0.2) is 9.37 Å². The fourth-order valence-corrected chi connectivity index (χ4v) is 5.62. The number of ether oxygens (including phenoxy) is 1. The molecule has 0 spiro atoms. The van der Waals surface area contributed by atoms with Crippen molar-refractivity contribution in [2.24, 2.45) is 0 Å². The number of hydrogen-bond donors (Lipinski definition) is 1. The lowest BCUT2D eigenvalue weighted by molar-refractivity contribution is -0.191. The Balaban J connectivity index is 0.00000123. The molecule has 6 rings (SSSR count). The second kappa shape index (κ2) is 14.5. The number of aromatic nitrogens is 2. The summed E-state index contributed by atoms with van der Waals surface area (Å²) in [6.07, 6.45) is 5.30. The van der Waals surface area contributed by atoms with Gasteiger partial charge in [-0.15, -0.1) is 0 Å². The van der Waals surface area contributed by atoms with Crippen LogP contribution in [0.25, 0.3) is 10.8 Å². The summed E-state index contributed by atoms with van der Waals surface area (Å²) in [5.74, 6) is 0.969. The smallest absolute Gasteiger partial charge is 0.373 e. The van der Waals surface area contributed by atoms with Crippen LogP contribution in [0.4, 0.5) is 21.7 Å². The van der Waals surface area contributed by atoms with Crippen molar-refractivity contribution in [3.63, 3.8) is 0 Å². The monoisotopic (exact) mass is 598 g/mol. The van der Waals surface area contributed by atoms with Crippen molar-refractivity contribution < 1.29 is 23.5 Å². The molecule has 228 valence electrons. The lowest BCUT2D eigenvalue weighted by Crippen LogP contribution is -2.46. The van der Waals surface area contributed by atoms with Crippen molar-refractivity contribution in [2.45, 2.75) is 26.2 Å². The molecule has 1 N–H and O–H groups in total. The van der Waals surface area contributed by atoms with Crippen LogP contribution in [-0.4, -0.2) is 72.7 Å². The zero-order valence-corrected chi connectivity index (χ0v) is 24.7. The number of nitrogens with zero attached hydrogens (tertiary/aromatic N) is 5. The minimum absolute atomic E-state index is 0.250. The van der Waals surface area contributed by atoms with Gasteiger partial charge in [0.1, 0.15) is 11.6 Å². The molecule has 2 fully saturated rings. The van der Waals surface area contributed by atoms with Gasteiger partial charge in [0, 0.05) is 79.2 Å². The second-order valence-electron chi connectivity index (χ2n) is 10.7. The van der Waals surface area contributed by atoms with Crippen LogP contribution in [-0.2, 0) is 9.59 Å². The summed E-state index contributed by atoms with van der Waals surface area (Å²) in [7, 11) is 0. The van der Waals surface area contributed by atoms with E-state index in [0.717, 1.165) is 75.1 Å². The normalized spacial score (nSPS) is 15.2. The molecule has 10 nitrogen and oxygen atoms in total. The van der Waals surface area contributed by atoms with Gasteiger partial charge in [0.25, 0.3) is 5.91 Å². The van der Waals surface area contributed by atoms with Crippen LogP contribution in [0.1, 0.15) is 36.5 Å². The Morgan fingerprint density at radius 1 is 0.909 bits per heavy atom. The Bertz CT molecular complexity index is 1630. The van der Waals surface area contributed by atoms with Crippen LogP contribution < -0.4 is 19.9 Å². The van der Waals surface area contributed by atoms with E-state index >= 15 is 0 Å². The Hall–Kier alpha value is -4.86. The maximum atomic E-state index is 14.5. The predicted molar refractivity (Wildman–Crippen MR) is 166 cm³/mol. The Morgan fingerprint density at radius 3 is 2.36 bits per heavy atom. The molecule has 0 atom stereocenters. The summed E-state index contributed by atoms with van der Waals surface area (Å²) in [4.78, 5) is 45.4. The lowest BCUT2D eigenvalue weighted by Gasteiger charge is -2.33. The Kier molecular flexibility index (Phi) is 10.1. The zero-order chi connectivity index (χ0) is 30.9. The molecule has 0 bridgehead atoms. The van der Waals surface area contributed by atoms with Gasteiger partial charge >= 0.3 is 6.15 Å². The maximum absolute atomic E-state index is 14.5. The van der Waals surface area contributed by atoms with E-state index in [1.807, 2.05) is 36.4 Å². The van der Waals surface area contributed by atoms with Crippen LogP contribution in [0, 0.1) is 5.82 Å². The number of piperazine rings is 1. The molecule has 0 unspecified atom stereocenters. The molecule has 3 heterocycles. The van der Waals surface area contributed by atoms with E-state index in [4.69, 9.17) is 14.3 Å². The minimum atomic E-state index is -0.414. The highest BCUT2D eigenvalue weighted by Gasteiger charge is 2.20. The van der Waals surface area contributed by atoms with Crippen molar-refractivity contribution >= 4 is 40.2 Å². The van der Waals surface area contributed by atoms with Crippen LogP contribution in [0.5, 0.6) is 11.6 Å². The molecule has 4 aromatic rings. The third-order valence-corrected chi connectivity index (χ3v) is 7.93. The summed E-state index contributed by atoms with van der Waals surface area (Å²) >= 11 is 0. The summed E-state index contributed by atoms with van der Waals surface area (Å²) in [6.45, 7) is 8.69. The van der Waals surface area contributed by atoms with E-state index in [1.165, 1.54) is 18.6 Å². The van der Waals surface area contributed by atoms with E-state index < -0.39 is 5.82 Å². The number of carbonyl (C=O) groups excluding carboxylic acids is 3. The van der Waals surface area contributed by atoms with Gasteiger partial charge in [0.2, 0.25) is 11.8 Å². The van der Waals surface area contributed by atoms with Crippen LogP contribution in [0.15, 0.2) is 66.9 Å². The summed E-state index contributed by atoms with van der Waals surface area (Å²) in [5.41, 5.74) is 1.67. The molecule has 0 aliphatic carbocycles. The highest BCUT2D eigenvalue weighted by Crippen LogP contribution is 2.34. The molecule has 3 aromatic carbocycles. The first-order chi connectivity index (χ1) is 21.5. The molecule has 2 saturated heterocycles. The van der Waals surface area contributed by atoms with E-state index in [2.05, 4.69) is 36.9 Å². The van der Waals surface area contributed by atoms with Gasteiger partial charge in [-0.05, 0) is 56.1 Å². The molecule has 11 heteroatoms. The molecular weight excluding hydrogens is 563 g/mol. The first kappa shape index (κ1) is 30.6. The van der Waals surface area contributed by atoms with Crippen LogP contribution >= 0.6 is 0 Å². The van der Waals surface area contributed by atoms with Crippen molar-refractivity contribution in [1.29, 1.82) is 0 Å². The number of amides is 1. The molecule has 0 saturated carbocycles. The quantitative estimate of drug-likeness (QED) is 0.301. The SMILES string of the molecule is CCN1CCN(c2nccc(Oc3ccc(NC(=O)c4cc(F)cc(N5CCCCC5)c4)c4ccccc34)n2)CC1.O=C=O. The maximum Gasteiger partial charge on any atom is 0.373 e. The number of rotatable bonds is 7. The van der Waals surface area contributed by atoms with E-state index in [9.17, 15) is 9.18 Å². The van der Waals surface area contributed by atoms with Gasteiger partial charge in [-0.1, -0.05) is 31.2 Å². The number of anilines is 3. The Morgan fingerprint density at radius 2 is 1.64 bits per heavy atom. The molecule has 1 aromatic heterocycles. The van der Waals surface area contributed by atoms with E-state index in [-0.39, 0.29) is 12.1 Å². The number of benzene rings is 3. The highest BCUT2D eigenvalue weighted by molar-refractivity contribution is 6.10. The minimum Gasteiger partial charge on any atom is -0.438 e. The molecule has 2 aliphatic heterocycles. The first-order valence-corrected chi connectivity index (χ1v) is 14.8. The number of carbonyl (C=O) groups is 1. The average molecular weight is 599 g/mol. The summed E-state index contributed by atoms with van der Waals surface area (Å²) < 4.78 is 20.8. The van der Waals surface area contributed by atoms with Crippen molar-refractivity contribution in [3.8, 4) is 11.6 Å². The van der Waals surface area contributed by atoms with Gasteiger partial charge in [-0.2, -0.15) is 14.6 Å². The number of fused-ring (bicyclic) bond motifs is 1. The van der Waals surface area contributed by atoms with Crippen LogP contribution in [0.3, 0.4) is 0 Å². The standard InChI is InChI=1S/C32H35FN6O2.CO2/c1-2-37-16-18-39(19-17-37)32-34-13-12-30(36-32)41-29-11-10-28(26-8-4-5-9-27(26)29)35-31(40)23-20-24(33)22-25(21-23)38-14-6-3-7-15-38;2-1-3/h4-5,8-13,20-22H,2-3,6-7,14-19H2,1H3,(H,35,40);. The number of hydrogen-bond acceptors (Lipinski definition) is 9. The number of piperidine rings is 1. The topological polar surface area (TPSA) is 108 Å². The number of halogens is 1. The second-order valence-corrected chi connectivity index (χ2v) is 10.7. The van der Waals surface area contributed by atoms with Crippen molar-refractivity contribution in [3.05, 3.63) is 78.2 Å². The van der Waals surface area contributed by atoms with Crippen molar-refractivity contribution in [2.75, 3.05) is 60.9 Å². The van der Waals surface area contributed by atoms with Gasteiger partial charge in [0.05, 0.1) is 0 Å². The van der Waals surface area contributed by atoms with Gasteiger partial charge < -0.3 is 24.8 Å². The average Bonchev–Trinajstić information content (AvgIpc) is 3.06. The third kappa shape index (κ3) is 7.37. The van der Waals surface area contributed by atoms with Crippen molar-refractivity contribution in [1.82, 2.24) is 14.9 Å². The molecule has 44 heavy (non-hydrogen) atoms. The molecule has 0 radical (unpaired) electrons. The zero-order valence-electron chi connectivity index (χ0n) is 24.7. The predicted octanol–water partition coefficient (Wildman–Crippen LogP) is 5.36. The van der Waals surface area contributed by atoms with E-state index in [1.54, 1.807) is 18.3 Å². The number of likely N-dealkylation sites (N-methyl/N-ethyl adjacent to an activating group) is 1. The lowest BCUT2D eigenvalue weighted by atomic mass is 10.1. The van der Waals surface area contributed by atoms with Crippen LogP contribution in [0.2, 0.25) is 0 Å². The largest absolute Gasteiger partial charge is 0.438 e. The molecular formula is C33H35FN6O4. The van der Waals surface area contributed by atoms with E-state index in [0.29, 0.717) is 28.8 Å². The van der Waals surface area contributed by atoms with Gasteiger partial charge in [-0.3, -0.25) is 4.79 Å². The first-order valence-electron chi connectivity index (χ1n) is 14.8. The Labute approximate surface area is 255 Å². The fraction of sp³-hybridized carbons (Fsp3) is 0.333. The molecule has 2 aliphatic rings.